The molecule has 0 radical (unpaired) electrons. The predicted molar refractivity (Wildman–Crippen MR) is 39.8 cm³/mol. The smallest absolute Gasteiger partial charge is 0.0811 e. The summed E-state index contributed by atoms with van der Waals surface area (Å²) >= 11 is 0. The maximum Gasteiger partial charge on any atom is 0.0811 e. The Morgan fingerprint density at radius 3 is 2.60 bits per heavy atom. The van der Waals surface area contributed by atoms with E-state index < -0.39 is 0 Å². The fraction of sp³-hybridized carbons (Fsp3) is 1.00. The van der Waals surface area contributed by atoms with Crippen LogP contribution in [0.15, 0.2) is 0 Å². The van der Waals surface area contributed by atoms with Crippen LogP contribution in [-0.2, 0) is 4.74 Å². The van der Waals surface area contributed by atoms with Gasteiger partial charge in [-0.1, -0.05) is 6.92 Å². The van der Waals surface area contributed by atoms with Crippen molar-refractivity contribution < 1.29 is 9.84 Å². The van der Waals surface area contributed by atoms with Crippen molar-refractivity contribution in [2.45, 2.75) is 38.9 Å². The van der Waals surface area contributed by atoms with E-state index in [9.17, 15) is 0 Å². The number of aliphatic hydroxyl groups excluding tert-OH is 1. The Morgan fingerprint density at radius 2 is 2.10 bits per heavy atom. The van der Waals surface area contributed by atoms with Crippen LogP contribution < -0.4 is 0 Å². The maximum absolute atomic E-state index is 8.80. The molecule has 1 N–H and O–H groups in total. The second-order valence-electron chi connectivity index (χ2n) is 3.33. The van der Waals surface area contributed by atoms with Gasteiger partial charge in [0.15, 0.2) is 0 Å². The number of aliphatic hydroxyl groups is 1. The van der Waals surface area contributed by atoms with Gasteiger partial charge in [-0.25, -0.2) is 0 Å². The number of hydrogen-bond donors (Lipinski definition) is 1. The molecule has 1 aliphatic rings. The lowest BCUT2D eigenvalue weighted by Crippen LogP contribution is -2.32. The normalized spacial score (nSPS) is 41.7. The molecule has 0 aromatic carbocycles. The fourth-order valence-corrected chi connectivity index (χ4v) is 1.67. The van der Waals surface area contributed by atoms with Crippen LogP contribution in [0.3, 0.4) is 0 Å². The highest BCUT2D eigenvalue weighted by Gasteiger charge is 2.23. The summed E-state index contributed by atoms with van der Waals surface area (Å²) in [7, 11) is 0. The van der Waals surface area contributed by atoms with E-state index in [-0.39, 0.29) is 12.7 Å². The molecule has 0 saturated carbocycles. The zero-order valence-corrected chi connectivity index (χ0v) is 6.71. The molecule has 1 fully saturated rings. The largest absolute Gasteiger partial charge is 0.394 e. The van der Waals surface area contributed by atoms with E-state index in [1.165, 1.54) is 0 Å². The average molecular weight is 144 g/mol. The molecular weight excluding hydrogens is 128 g/mol. The average Bonchev–Trinajstić information content (AvgIpc) is 1.85. The zero-order valence-electron chi connectivity index (χ0n) is 6.71. The van der Waals surface area contributed by atoms with Crippen LogP contribution in [0.2, 0.25) is 0 Å². The van der Waals surface area contributed by atoms with Gasteiger partial charge in [-0.3, -0.25) is 0 Å². The summed E-state index contributed by atoms with van der Waals surface area (Å²) in [6.07, 6.45) is 2.58. The molecule has 60 valence electrons. The van der Waals surface area contributed by atoms with E-state index in [1.54, 1.807) is 0 Å². The van der Waals surface area contributed by atoms with Gasteiger partial charge >= 0.3 is 0 Å². The first-order chi connectivity index (χ1) is 4.72. The van der Waals surface area contributed by atoms with Crippen molar-refractivity contribution in [1.82, 2.24) is 0 Å². The first kappa shape index (κ1) is 8.02. The SMILES string of the molecule is C[C@H]1C[C@@H](CO)O[C@@H](C)C1. The quantitative estimate of drug-likeness (QED) is 0.599. The summed E-state index contributed by atoms with van der Waals surface area (Å²) in [5.41, 5.74) is 0. The summed E-state index contributed by atoms with van der Waals surface area (Å²) in [5.74, 6) is 0.709. The van der Waals surface area contributed by atoms with E-state index in [4.69, 9.17) is 9.84 Å². The summed E-state index contributed by atoms with van der Waals surface area (Å²) in [6.45, 7) is 4.45. The third kappa shape index (κ3) is 1.96. The lowest BCUT2D eigenvalue weighted by atomic mass is 9.94. The fourth-order valence-electron chi connectivity index (χ4n) is 1.67. The van der Waals surface area contributed by atoms with Crippen LogP contribution in [0, 0.1) is 5.92 Å². The van der Waals surface area contributed by atoms with E-state index in [1.807, 2.05) is 0 Å². The Morgan fingerprint density at radius 1 is 1.40 bits per heavy atom. The lowest BCUT2D eigenvalue weighted by molar-refractivity contribution is -0.0797. The second-order valence-corrected chi connectivity index (χ2v) is 3.33. The van der Waals surface area contributed by atoms with Gasteiger partial charge in [-0.05, 0) is 25.7 Å². The van der Waals surface area contributed by atoms with Crippen molar-refractivity contribution in [3.8, 4) is 0 Å². The summed E-state index contributed by atoms with van der Waals surface area (Å²) in [6, 6.07) is 0. The van der Waals surface area contributed by atoms with Gasteiger partial charge < -0.3 is 9.84 Å². The Labute approximate surface area is 62.2 Å². The van der Waals surface area contributed by atoms with Gasteiger partial charge in [0.25, 0.3) is 0 Å². The van der Waals surface area contributed by atoms with Gasteiger partial charge in [0.1, 0.15) is 0 Å². The van der Waals surface area contributed by atoms with E-state index >= 15 is 0 Å². The van der Waals surface area contributed by atoms with Gasteiger partial charge in [0.2, 0.25) is 0 Å². The molecule has 3 atom stereocenters. The van der Waals surface area contributed by atoms with Crippen molar-refractivity contribution in [3.63, 3.8) is 0 Å². The van der Waals surface area contributed by atoms with Crippen LogP contribution in [0.5, 0.6) is 0 Å². The molecule has 1 saturated heterocycles. The molecule has 0 amide bonds. The highest BCUT2D eigenvalue weighted by atomic mass is 16.5. The second kappa shape index (κ2) is 3.35. The summed E-state index contributed by atoms with van der Waals surface area (Å²) < 4.78 is 5.46. The minimum absolute atomic E-state index is 0.0961. The Hall–Kier alpha value is -0.0800. The Kier molecular flexibility index (Phi) is 2.69. The molecule has 1 heterocycles. The molecule has 0 aromatic heterocycles. The van der Waals surface area contributed by atoms with Gasteiger partial charge in [-0.15, -0.1) is 0 Å². The van der Waals surface area contributed by atoms with Crippen molar-refractivity contribution in [3.05, 3.63) is 0 Å². The molecule has 0 aliphatic carbocycles. The molecule has 2 heteroatoms. The summed E-state index contributed by atoms with van der Waals surface area (Å²) in [4.78, 5) is 0. The minimum Gasteiger partial charge on any atom is -0.394 e. The topological polar surface area (TPSA) is 29.5 Å². The third-order valence-electron chi connectivity index (χ3n) is 2.03. The lowest BCUT2D eigenvalue weighted by Gasteiger charge is -2.30. The number of rotatable bonds is 1. The Bertz CT molecular complexity index is 93.4. The molecule has 0 bridgehead atoms. The molecule has 1 rings (SSSR count). The molecular formula is C8H16O2. The van der Waals surface area contributed by atoms with Gasteiger partial charge in [0, 0.05) is 0 Å². The highest BCUT2D eigenvalue weighted by Crippen LogP contribution is 2.23. The van der Waals surface area contributed by atoms with Crippen molar-refractivity contribution in [1.29, 1.82) is 0 Å². The standard InChI is InChI=1S/C8H16O2/c1-6-3-7(2)10-8(4-6)5-9/h6-9H,3-5H2,1-2H3/t6-,7+,8+/m1/s1. The molecule has 1 aliphatic heterocycles. The van der Waals surface area contributed by atoms with Crippen molar-refractivity contribution >= 4 is 0 Å². The van der Waals surface area contributed by atoms with Crippen molar-refractivity contribution in [2.75, 3.05) is 6.61 Å². The predicted octanol–water partition coefficient (Wildman–Crippen LogP) is 1.18. The molecule has 0 aromatic rings. The Balaban J connectivity index is 2.35. The number of hydrogen-bond acceptors (Lipinski definition) is 2. The van der Waals surface area contributed by atoms with Gasteiger partial charge in [-0.2, -0.15) is 0 Å². The first-order valence-electron chi connectivity index (χ1n) is 3.98. The number of ether oxygens (including phenoxy) is 1. The van der Waals surface area contributed by atoms with E-state index in [0.29, 0.717) is 12.0 Å². The molecule has 0 spiro atoms. The maximum atomic E-state index is 8.80. The van der Waals surface area contributed by atoms with Crippen LogP contribution >= 0.6 is 0 Å². The molecule has 0 unspecified atom stereocenters. The third-order valence-corrected chi connectivity index (χ3v) is 2.03. The summed E-state index contributed by atoms with van der Waals surface area (Å²) in [5, 5.41) is 8.80. The van der Waals surface area contributed by atoms with Crippen molar-refractivity contribution in [2.24, 2.45) is 5.92 Å². The van der Waals surface area contributed by atoms with E-state index in [0.717, 1.165) is 12.8 Å². The minimum atomic E-state index is 0.0961. The first-order valence-corrected chi connectivity index (χ1v) is 3.98. The van der Waals surface area contributed by atoms with E-state index in [2.05, 4.69) is 13.8 Å². The van der Waals surface area contributed by atoms with Crippen LogP contribution in [0.25, 0.3) is 0 Å². The van der Waals surface area contributed by atoms with Crippen LogP contribution in [0.4, 0.5) is 0 Å². The van der Waals surface area contributed by atoms with Crippen LogP contribution in [0.1, 0.15) is 26.7 Å². The van der Waals surface area contributed by atoms with Gasteiger partial charge in [0.05, 0.1) is 18.8 Å². The molecule has 2 nitrogen and oxygen atoms in total. The highest BCUT2D eigenvalue weighted by molar-refractivity contribution is 4.71. The molecule has 10 heavy (non-hydrogen) atoms. The zero-order chi connectivity index (χ0) is 7.56. The monoisotopic (exact) mass is 144 g/mol. The van der Waals surface area contributed by atoms with Crippen LogP contribution in [-0.4, -0.2) is 23.9 Å².